The first-order valence-electron chi connectivity index (χ1n) is 18.9. The van der Waals surface area contributed by atoms with Crippen LogP contribution in [0.5, 0.6) is 11.5 Å². The van der Waals surface area contributed by atoms with Crippen molar-refractivity contribution in [1.82, 2.24) is 19.9 Å². The number of ether oxygens (including phenoxy) is 2. The Morgan fingerprint density at radius 3 is 2.07 bits per heavy atom. The average molecular weight is 818 g/mol. The summed E-state index contributed by atoms with van der Waals surface area (Å²) in [7, 11) is 0. The number of carbonyl (C=O) groups is 3. The molecular weight excluding hydrogens is 775 g/mol. The number of amidine groups is 1. The molecule has 1 aliphatic heterocycles. The zero-order chi connectivity index (χ0) is 39.4. The van der Waals surface area contributed by atoms with Gasteiger partial charge in [-0.2, -0.15) is 10.1 Å². The van der Waals surface area contributed by atoms with Crippen molar-refractivity contribution >= 4 is 75.3 Å². The molecule has 5 aromatic rings. The smallest absolute Gasteiger partial charge is 0.367 e. The number of esters is 1. The van der Waals surface area contributed by atoms with E-state index in [2.05, 4.69) is 22.2 Å². The van der Waals surface area contributed by atoms with E-state index < -0.39 is 17.9 Å². The molecule has 1 aromatic heterocycles. The molecular formula is C42H43Cl3N6O5. The Kier molecular flexibility index (Phi) is 14.4. The monoisotopic (exact) mass is 816 g/mol. The second-order valence-corrected chi connectivity index (χ2v) is 14.8. The van der Waals surface area contributed by atoms with Crippen LogP contribution < -0.4 is 14.5 Å². The highest BCUT2D eigenvalue weighted by molar-refractivity contribution is 6.42. The first-order chi connectivity index (χ1) is 27.2. The van der Waals surface area contributed by atoms with Crippen LogP contribution in [-0.2, 0) is 11.3 Å². The third-order valence-corrected chi connectivity index (χ3v) is 10.1. The van der Waals surface area contributed by atoms with Gasteiger partial charge < -0.3 is 9.47 Å². The minimum atomic E-state index is -0.683. The summed E-state index contributed by atoms with van der Waals surface area (Å²) in [6.45, 7) is 2.88. The van der Waals surface area contributed by atoms with Crippen molar-refractivity contribution in [2.45, 2.75) is 84.1 Å². The van der Waals surface area contributed by atoms with E-state index >= 15 is 0 Å². The van der Waals surface area contributed by atoms with Gasteiger partial charge in [-0.25, -0.2) is 9.59 Å². The van der Waals surface area contributed by atoms with Gasteiger partial charge in [-0.3, -0.25) is 9.69 Å². The van der Waals surface area contributed by atoms with E-state index in [9.17, 15) is 14.4 Å². The number of hydrogen-bond acceptors (Lipinski definition) is 8. The highest BCUT2D eigenvalue weighted by Gasteiger charge is 2.35. The van der Waals surface area contributed by atoms with Crippen LogP contribution in [0.4, 0.5) is 10.5 Å². The molecule has 0 fully saturated rings. The van der Waals surface area contributed by atoms with Crippen molar-refractivity contribution in [2.75, 3.05) is 11.6 Å². The highest BCUT2D eigenvalue weighted by Crippen LogP contribution is 2.38. The van der Waals surface area contributed by atoms with Crippen LogP contribution in [0.2, 0.25) is 15.1 Å². The van der Waals surface area contributed by atoms with Gasteiger partial charge in [0.15, 0.2) is 0 Å². The molecule has 0 unspecified atom stereocenters. The van der Waals surface area contributed by atoms with Crippen LogP contribution >= 0.6 is 34.8 Å². The molecule has 1 aliphatic rings. The Labute approximate surface area is 341 Å². The van der Waals surface area contributed by atoms with Crippen LogP contribution in [-0.4, -0.2) is 50.2 Å². The molecule has 0 saturated heterocycles. The Bertz CT molecular complexity index is 2150. The number of amides is 2. The fraction of sp³-hybridized carbons (Fsp3) is 0.333. The van der Waals surface area contributed by atoms with E-state index in [4.69, 9.17) is 44.3 Å². The van der Waals surface area contributed by atoms with Crippen LogP contribution in [0, 0.1) is 0 Å². The lowest BCUT2D eigenvalue weighted by Crippen LogP contribution is -2.39. The van der Waals surface area contributed by atoms with E-state index in [1.165, 1.54) is 74.5 Å². The van der Waals surface area contributed by atoms with Crippen LogP contribution in [0.3, 0.4) is 0 Å². The number of halogens is 3. The topological polar surface area (TPSA) is 119 Å². The first kappa shape index (κ1) is 40.7. The zero-order valence-electron chi connectivity index (χ0n) is 31.1. The number of carbonyl (C=O) groups excluding carboxylic acids is 3. The van der Waals surface area contributed by atoms with Gasteiger partial charge in [0.25, 0.3) is 5.91 Å². The molecule has 2 heterocycles. The van der Waals surface area contributed by atoms with Gasteiger partial charge in [0.1, 0.15) is 34.1 Å². The second kappa shape index (κ2) is 19.8. The molecule has 11 nitrogen and oxygen atoms in total. The standard InChI is InChI=1S/C42H43Cl3N6O5/c1-2-3-4-5-6-7-8-9-10-14-23-55-32-20-17-29(18-21-32)28-49(38-27-39(52)50(48-38)40-34(44)25-31(43)26-35(40)45)42(54)51-46-36-22-19-30(24-37(36)47-51)41(53)56-33-15-12-11-13-16-33/h11-13,15-22,24-26H,2-10,14,23,27-28H2,1H3. The lowest BCUT2D eigenvalue weighted by Gasteiger charge is -2.21. The van der Waals surface area contributed by atoms with Crippen molar-refractivity contribution in [3.05, 3.63) is 111 Å². The van der Waals surface area contributed by atoms with Gasteiger partial charge in [-0.05, 0) is 66.6 Å². The maximum atomic E-state index is 14.3. The van der Waals surface area contributed by atoms with Crippen LogP contribution in [0.25, 0.3) is 11.0 Å². The summed E-state index contributed by atoms with van der Waals surface area (Å²) in [6.07, 6.45) is 12.3. The number of nitrogens with zero attached hydrogens (tertiary/aromatic N) is 6. The Hall–Kier alpha value is -4.97. The average Bonchev–Trinajstić information content (AvgIpc) is 3.79. The summed E-state index contributed by atoms with van der Waals surface area (Å²) in [5, 5.41) is 14.9. The molecule has 2 amide bonds. The number of hydrogen-bond donors (Lipinski definition) is 0. The Morgan fingerprint density at radius 1 is 0.750 bits per heavy atom. The van der Waals surface area contributed by atoms with E-state index in [0.29, 0.717) is 22.9 Å². The Morgan fingerprint density at radius 2 is 1.39 bits per heavy atom. The normalized spacial score (nSPS) is 12.6. The summed E-state index contributed by atoms with van der Waals surface area (Å²) in [5.74, 6) is 0.185. The molecule has 0 atom stereocenters. The number of benzene rings is 4. The molecule has 0 spiro atoms. The molecule has 4 aromatic carbocycles. The predicted octanol–water partition coefficient (Wildman–Crippen LogP) is 11.1. The summed E-state index contributed by atoms with van der Waals surface area (Å²) in [6, 6.07) is 23.0. The third-order valence-electron chi connectivity index (χ3n) is 9.27. The van der Waals surface area contributed by atoms with Crippen molar-refractivity contribution in [3.63, 3.8) is 0 Å². The molecule has 0 aliphatic carbocycles. The summed E-state index contributed by atoms with van der Waals surface area (Å²) in [4.78, 5) is 42.7. The number of aromatic nitrogens is 3. The number of anilines is 1. The quantitative estimate of drug-likeness (QED) is 0.0520. The molecule has 0 bridgehead atoms. The van der Waals surface area contributed by atoms with Gasteiger partial charge in [0, 0.05) is 5.02 Å². The van der Waals surface area contributed by atoms with Gasteiger partial charge in [-0.1, -0.05) is 135 Å². The minimum Gasteiger partial charge on any atom is -0.494 e. The lowest BCUT2D eigenvalue weighted by molar-refractivity contribution is -0.117. The molecule has 292 valence electrons. The van der Waals surface area contributed by atoms with Crippen molar-refractivity contribution in [1.29, 1.82) is 0 Å². The molecule has 0 saturated carbocycles. The van der Waals surface area contributed by atoms with E-state index in [1.54, 1.807) is 36.4 Å². The molecule has 14 heteroatoms. The van der Waals surface area contributed by atoms with E-state index in [0.717, 1.165) is 34.0 Å². The van der Waals surface area contributed by atoms with Crippen molar-refractivity contribution < 1.29 is 23.9 Å². The van der Waals surface area contributed by atoms with E-state index in [-0.39, 0.29) is 45.6 Å². The third kappa shape index (κ3) is 10.7. The first-order valence-corrected chi connectivity index (χ1v) is 20.1. The van der Waals surface area contributed by atoms with E-state index in [1.807, 2.05) is 30.3 Å². The van der Waals surface area contributed by atoms with Gasteiger partial charge in [-0.15, -0.1) is 10.2 Å². The van der Waals surface area contributed by atoms with Crippen molar-refractivity contribution in [3.8, 4) is 11.5 Å². The molecule has 56 heavy (non-hydrogen) atoms. The zero-order valence-corrected chi connectivity index (χ0v) is 33.4. The molecule has 0 N–H and O–H groups in total. The number of hydrazone groups is 1. The SMILES string of the molecule is CCCCCCCCCCCCOc1ccc(CN(C(=O)n2nc3ccc(C(=O)Oc4ccccc4)cc3n2)C2=NN(c3c(Cl)cc(Cl)cc3Cl)C(=O)C2)cc1. The van der Waals surface area contributed by atoms with Gasteiger partial charge in [0.05, 0.1) is 35.2 Å². The largest absolute Gasteiger partial charge is 0.494 e. The van der Waals surface area contributed by atoms with Gasteiger partial charge in [0.2, 0.25) is 0 Å². The van der Waals surface area contributed by atoms with Crippen LogP contribution in [0.1, 0.15) is 93.5 Å². The number of rotatable bonds is 17. The number of fused-ring (bicyclic) bond motifs is 1. The second-order valence-electron chi connectivity index (χ2n) is 13.6. The number of unbranched alkanes of at least 4 members (excludes halogenated alkanes) is 9. The van der Waals surface area contributed by atoms with Crippen LogP contribution in [0.15, 0.2) is 90.0 Å². The molecule has 6 rings (SSSR count). The maximum absolute atomic E-state index is 14.3. The van der Waals surface area contributed by atoms with Crippen molar-refractivity contribution in [2.24, 2.45) is 5.10 Å². The summed E-state index contributed by atoms with van der Waals surface area (Å²) >= 11 is 19.0. The van der Waals surface area contributed by atoms with Gasteiger partial charge >= 0.3 is 12.0 Å². The fourth-order valence-corrected chi connectivity index (χ4v) is 7.27. The predicted molar refractivity (Wildman–Crippen MR) is 220 cm³/mol. The summed E-state index contributed by atoms with van der Waals surface area (Å²) < 4.78 is 11.5. The number of para-hydroxylation sites is 1. The molecule has 0 radical (unpaired) electrons. The minimum absolute atomic E-state index is 0.0200. The summed E-state index contributed by atoms with van der Waals surface area (Å²) in [5.41, 5.74) is 1.77. The Balaban J connectivity index is 1.16. The lowest BCUT2D eigenvalue weighted by atomic mass is 10.1. The maximum Gasteiger partial charge on any atom is 0.367 e. The highest BCUT2D eigenvalue weighted by atomic mass is 35.5. The fourth-order valence-electron chi connectivity index (χ4n) is 6.29.